The minimum absolute atomic E-state index is 0.0902. The molecule has 2 aromatic heterocycles. The summed E-state index contributed by atoms with van der Waals surface area (Å²) < 4.78 is 29.1. The number of rotatable bonds is 7. The summed E-state index contributed by atoms with van der Waals surface area (Å²) in [5, 5.41) is 7.49. The molecule has 158 valence electrons. The molecule has 0 atom stereocenters. The number of pyridine rings is 1. The molecule has 5 nitrogen and oxygen atoms in total. The van der Waals surface area contributed by atoms with Gasteiger partial charge in [0.1, 0.15) is 6.54 Å². The van der Waals surface area contributed by atoms with Crippen LogP contribution in [0.5, 0.6) is 0 Å². The van der Waals surface area contributed by atoms with E-state index >= 15 is 0 Å². The number of halogens is 2. The normalized spacial score (nSPS) is 11.2. The first-order valence-corrected chi connectivity index (χ1v) is 10.0. The summed E-state index contributed by atoms with van der Waals surface area (Å²) >= 11 is 0. The molecule has 0 radical (unpaired) electrons. The van der Waals surface area contributed by atoms with Crippen LogP contribution in [0.3, 0.4) is 0 Å². The molecule has 2 aromatic carbocycles. The van der Waals surface area contributed by atoms with Gasteiger partial charge >= 0.3 is 0 Å². The van der Waals surface area contributed by atoms with Gasteiger partial charge in [-0.2, -0.15) is 5.10 Å². The Morgan fingerprint density at radius 2 is 1.74 bits per heavy atom. The van der Waals surface area contributed by atoms with Crippen molar-refractivity contribution in [3.8, 4) is 11.3 Å². The predicted molar refractivity (Wildman–Crippen MR) is 116 cm³/mol. The zero-order valence-electron chi connectivity index (χ0n) is 17.1. The number of nitrogens with one attached hydrogen (secondary N) is 1. The first-order chi connectivity index (χ1) is 15.0. The zero-order valence-corrected chi connectivity index (χ0v) is 17.1. The monoisotopic (exact) mass is 420 g/mol. The molecule has 0 aliphatic carbocycles. The van der Waals surface area contributed by atoms with Crippen molar-refractivity contribution in [2.45, 2.75) is 26.3 Å². The van der Waals surface area contributed by atoms with Crippen LogP contribution >= 0.6 is 0 Å². The van der Waals surface area contributed by atoms with Gasteiger partial charge in [-0.15, -0.1) is 0 Å². The predicted octanol–water partition coefficient (Wildman–Crippen LogP) is 4.70. The van der Waals surface area contributed by atoms with Gasteiger partial charge in [0.15, 0.2) is 5.65 Å². The van der Waals surface area contributed by atoms with Crippen molar-refractivity contribution in [2.24, 2.45) is 0 Å². The Hall–Kier alpha value is -3.61. The number of hydrogen-bond acceptors (Lipinski definition) is 3. The van der Waals surface area contributed by atoms with Gasteiger partial charge in [0.2, 0.25) is 5.91 Å². The Morgan fingerprint density at radius 3 is 2.42 bits per heavy atom. The van der Waals surface area contributed by atoms with E-state index < -0.39 is 6.43 Å². The second-order valence-electron chi connectivity index (χ2n) is 7.29. The fraction of sp³-hybridized carbons (Fsp3) is 0.208. The van der Waals surface area contributed by atoms with Gasteiger partial charge < -0.3 is 5.32 Å². The van der Waals surface area contributed by atoms with E-state index in [4.69, 9.17) is 0 Å². The molecule has 0 aliphatic rings. The van der Waals surface area contributed by atoms with Crippen molar-refractivity contribution in [2.75, 3.05) is 6.54 Å². The van der Waals surface area contributed by atoms with Crippen LogP contribution in [0.15, 0.2) is 66.7 Å². The van der Waals surface area contributed by atoms with Gasteiger partial charge in [-0.05, 0) is 25.0 Å². The molecule has 1 amide bonds. The summed E-state index contributed by atoms with van der Waals surface area (Å²) in [5.74, 6) is -0.245. The lowest BCUT2D eigenvalue weighted by atomic mass is 10.1. The molecule has 31 heavy (non-hydrogen) atoms. The van der Waals surface area contributed by atoms with Crippen molar-refractivity contribution in [1.29, 1.82) is 0 Å². The largest absolute Gasteiger partial charge is 0.354 e. The quantitative estimate of drug-likeness (QED) is 0.471. The zero-order chi connectivity index (χ0) is 21.8. The van der Waals surface area contributed by atoms with Crippen LogP contribution in [0.4, 0.5) is 8.78 Å². The lowest BCUT2D eigenvalue weighted by Crippen LogP contribution is -2.29. The maximum Gasteiger partial charge on any atom is 0.264 e. The number of aromatic nitrogens is 3. The number of benzene rings is 2. The van der Waals surface area contributed by atoms with Crippen LogP contribution in [0.1, 0.15) is 23.2 Å². The van der Waals surface area contributed by atoms with Crippen LogP contribution in [-0.4, -0.2) is 27.2 Å². The standard InChI is InChI=1S/C24H22F2N4O/c1-16-22-19(23(25)26)14-20(18-10-6-3-7-11-18)28-24(22)30(29-16)15-21(31)27-13-12-17-8-4-2-5-9-17/h2-11,14,23H,12-13,15H2,1H3,(H,27,31). The molecule has 0 saturated carbocycles. The summed E-state index contributed by atoms with van der Waals surface area (Å²) in [7, 11) is 0. The van der Waals surface area contributed by atoms with Crippen LogP contribution in [0, 0.1) is 6.92 Å². The maximum absolute atomic E-state index is 13.8. The molecule has 0 unspecified atom stereocenters. The summed E-state index contributed by atoms with van der Waals surface area (Å²) in [6.45, 7) is 2.04. The van der Waals surface area contributed by atoms with Gasteiger partial charge in [0.25, 0.3) is 6.43 Å². The molecule has 1 N–H and O–H groups in total. The average Bonchev–Trinajstić information content (AvgIpc) is 3.09. The Labute approximate surface area is 178 Å². The maximum atomic E-state index is 13.8. The molecule has 0 spiro atoms. The number of alkyl halides is 2. The van der Waals surface area contributed by atoms with Gasteiger partial charge in [0.05, 0.1) is 16.8 Å². The third kappa shape index (κ3) is 4.60. The number of nitrogens with zero attached hydrogens (tertiary/aromatic N) is 3. The number of aryl methyl sites for hydroxylation is 1. The third-order valence-electron chi connectivity index (χ3n) is 5.08. The van der Waals surface area contributed by atoms with Crippen LogP contribution in [0.2, 0.25) is 0 Å². The molecule has 4 aromatic rings. The van der Waals surface area contributed by atoms with Crippen molar-refractivity contribution >= 4 is 16.9 Å². The molecular weight excluding hydrogens is 398 g/mol. The molecule has 0 saturated heterocycles. The first-order valence-electron chi connectivity index (χ1n) is 10.0. The third-order valence-corrected chi connectivity index (χ3v) is 5.08. The topological polar surface area (TPSA) is 59.8 Å². The average molecular weight is 420 g/mol. The highest BCUT2D eigenvalue weighted by Gasteiger charge is 2.21. The molecule has 0 aliphatic heterocycles. The number of carbonyl (C=O) groups is 1. The van der Waals surface area contributed by atoms with Gasteiger partial charge in [-0.1, -0.05) is 60.7 Å². The van der Waals surface area contributed by atoms with Gasteiger partial charge in [0, 0.05) is 17.7 Å². The Morgan fingerprint density at radius 1 is 1.06 bits per heavy atom. The van der Waals surface area contributed by atoms with E-state index in [0.29, 0.717) is 29.7 Å². The van der Waals surface area contributed by atoms with Gasteiger partial charge in [-0.3, -0.25) is 4.79 Å². The summed E-state index contributed by atoms with van der Waals surface area (Å²) in [5.41, 5.74) is 2.86. The SMILES string of the molecule is Cc1nn(CC(=O)NCCc2ccccc2)c2nc(-c3ccccc3)cc(C(F)F)c12. The van der Waals surface area contributed by atoms with Crippen LogP contribution < -0.4 is 5.32 Å². The summed E-state index contributed by atoms with van der Waals surface area (Å²) in [6, 6.07) is 20.4. The van der Waals surface area contributed by atoms with E-state index in [2.05, 4.69) is 15.4 Å². The number of amides is 1. The number of fused-ring (bicyclic) bond motifs is 1. The minimum atomic E-state index is -2.68. The van der Waals surface area contributed by atoms with E-state index in [1.165, 1.54) is 10.7 Å². The van der Waals surface area contributed by atoms with Crippen molar-refractivity contribution in [3.63, 3.8) is 0 Å². The first kappa shape index (κ1) is 20.7. The fourth-order valence-electron chi connectivity index (χ4n) is 3.61. The molecule has 0 fully saturated rings. The lowest BCUT2D eigenvalue weighted by molar-refractivity contribution is -0.121. The van der Waals surface area contributed by atoms with E-state index in [9.17, 15) is 13.6 Å². The van der Waals surface area contributed by atoms with Crippen LogP contribution in [-0.2, 0) is 17.8 Å². The van der Waals surface area contributed by atoms with Crippen molar-refractivity contribution < 1.29 is 13.6 Å². The highest BCUT2D eigenvalue weighted by atomic mass is 19.3. The molecule has 0 bridgehead atoms. The highest BCUT2D eigenvalue weighted by Crippen LogP contribution is 2.32. The fourth-order valence-corrected chi connectivity index (χ4v) is 3.61. The van der Waals surface area contributed by atoms with Crippen molar-refractivity contribution in [3.05, 3.63) is 83.6 Å². The highest BCUT2D eigenvalue weighted by molar-refractivity contribution is 5.87. The summed E-state index contributed by atoms with van der Waals surface area (Å²) in [6.07, 6.45) is -1.97. The number of hydrogen-bond donors (Lipinski definition) is 1. The Bertz CT molecular complexity index is 1190. The minimum Gasteiger partial charge on any atom is -0.354 e. The second-order valence-corrected chi connectivity index (χ2v) is 7.29. The molecule has 7 heteroatoms. The Kier molecular flexibility index (Phi) is 6.02. The van der Waals surface area contributed by atoms with Crippen LogP contribution in [0.25, 0.3) is 22.3 Å². The van der Waals surface area contributed by atoms with E-state index in [0.717, 1.165) is 11.1 Å². The lowest BCUT2D eigenvalue weighted by Gasteiger charge is -2.09. The van der Waals surface area contributed by atoms with E-state index in [-0.39, 0.29) is 23.7 Å². The molecule has 4 rings (SSSR count). The molecule has 2 heterocycles. The Balaban J connectivity index is 1.60. The second kappa shape index (κ2) is 9.04. The smallest absolute Gasteiger partial charge is 0.264 e. The van der Waals surface area contributed by atoms with E-state index in [1.807, 2.05) is 60.7 Å². The summed E-state index contributed by atoms with van der Waals surface area (Å²) in [4.78, 5) is 17.1. The van der Waals surface area contributed by atoms with Gasteiger partial charge in [-0.25, -0.2) is 18.4 Å². The number of carbonyl (C=O) groups excluding carboxylic acids is 1. The van der Waals surface area contributed by atoms with Crippen molar-refractivity contribution in [1.82, 2.24) is 20.1 Å². The molecular formula is C24H22F2N4O. The van der Waals surface area contributed by atoms with E-state index in [1.54, 1.807) is 6.92 Å².